The Bertz CT molecular complexity index is 284. The van der Waals surface area contributed by atoms with Crippen molar-refractivity contribution >= 4 is 0 Å². The molecule has 3 heteroatoms. The quantitative estimate of drug-likeness (QED) is 0.830. The van der Waals surface area contributed by atoms with Gasteiger partial charge < -0.3 is 10.1 Å². The molecule has 2 aliphatic heterocycles. The van der Waals surface area contributed by atoms with Crippen LogP contribution in [0.2, 0.25) is 0 Å². The minimum absolute atomic E-state index is 0.411. The van der Waals surface area contributed by atoms with E-state index in [4.69, 9.17) is 4.74 Å². The number of nitrogens with one attached hydrogen (secondary N) is 1. The Kier molecular flexibility index (Phi) is 4.78. The number of hydrogen-bond donors (Lipinski definition) is 1. The lowest BCUT2D eigenvalue weighted by Crippen LogP contribution is -2.53. The van der Waals surface area contributed by atoms with Gasteiger partial charge in [-0.3, -0.25) is 4.90 Å². The van der Waals surface area contributed by atoms with Crippen molar-refractivity contribution in [1.29, 1.82) is 0 Å². The van der Waals surface area contributed by atoms with Crippen molar-refractivity contribution < 1.29 is 4.74 Å². The van der Waals surface area contributed by atoms with Gasteiger partial charge in [-0.1, -0.05) is 12.8 Å². The monoisotopic (exact) mass is 266 g/mol. The van der Waals surface area contributed by atoms with Crippen LogP contribution in [0.5, 0.6) is 0 Å². The van der Waals surface area contributed by atoms with Gasteiger partial charge in [-0.25, -0.2) is 0 Å². The summed E-state index contributed by atoms with van der Waals surface area (Å²) < 4.78 is 5.75. The van der Waals surface area contributed by atoms with Crippen molar-refractivity contribution in [1.82, 2.24) is 10.2 Å². The van der Waals surface area contributed by atoms with Gasteiger partial charge in [0.15, 0.2) is 0 Å². The first-order valence-corrected chi connectivity index (χ1v) is 8.41. The molecule has 3 nitrogen and oxygen atoms in total. The first kappa shape index (κ1) is 13.8. The molecule has 0 bridgehead atoms. The Morgan fingerprint density at radius 1 is 1.11 bits per heavy atom. The average molecular weight is 266 g/mol. The Labute approximate surface area is 118 Å². The second-order valence-electron chi connectivity index (χ2n) is 6.89. The van der Waals surface area contributed by atoms with Crippen molar-refractivity contribution in [3.63, 3.8) is 0 Å². The maximum absolute atomic E-state index is 5.75. The minimum Gasteiger partial charge on any atom is -0.377 e. The molecular formula is C16H30N2O. The van der Waals surface area contributed by atoms with Crippen LogP contribution in [-0.4, -0.2) is 49.3 Å². The number of fused-ring (bicyclic) bond motifs is 1. The van der Waals surface area contributed by atoms with E-state index in [1.807, 2.05) is 0 Å². The zero-order valence-corrected chi connectivity index (χ0v) is 12.4. The number of piperidine rings is 1. The Hall–Kier alpha value is -0.120. The van der Waals surface area contributed by atoms with E-state index in [0.29, 0.717) is 6.10 Å². The van der Waals surface area contributed by atoms with Crippen LogP contribution >= 0.6 is 0 Å². The van der Waals surface area contributed by atoms with Gasteiger partial charge in [0.1, 0.15) is 0 Å². The highest BCUT2D eigenvalue weighted by molar-refractivity contribution is 4.90. The van der Waals surface area contributed by atoms with Gasteiger partial charge in [0.05, 0.1) is 6.10 Å². The molecule has 0 spiro atoms. The van der Waals surface area contributed by atoms with E-state index in [-0.39, 0.29) is 0 Å². The minimum atomic E-state index is 0.411. The molecule has 0 amide bonds. The van der Waals surface area contributed by atoms with E-state index in [0.717, 1.165) is 31.2 Å². The highest BCUT2D eigenvalue weighted by Gasteiger charge is 2.32. The highest BCUT2D eigenvalue weighted by Crippen LogP contribution is 2.32. The summed E-state index contributed by atoms with van der Waals surface area (Å²) in [5.74, 6) is 0.983. The molecule has 3 aliphatic rings. The molecule has 1 aliphatic carbocycles. The van der Waals surface area contributed by atoms with Gasteiger partial charge in [0.2, 0.25) is 0 Å². The SMILES string of the molecule is CC1CN(CC2CCC3CCCCC3N2)CCCO1. The van der Waals surface area contributed by atoms with Crippen LogP contribution in [0, 0.1) is 5.92 Å². The summed E-state index contributed by atoms with van der Waals surface area (Å²) in [6.45, 7) is 6.73. The first-order valence-electron chi connectivity index (χ1n) is 8.41. The Balaban J connectivity index is 1.49. The number of nitrogens with zero attached hydrogens (tertiary/aromatic N) is 1. The fourth-order valence-electron chi connectivity index (χ4n) is 4.28. The van der Waals surface area contributed by atoms with Crippen LogP contribution in [0.1, 0.15) is 51.9 Å². The van der Waals surface area contributed by atoms with Crippen LogP contribution in [-0.2, 0) is 4.74 Å². The van der Waals surface area contributed by atoms with Crippen LogP contribution in [0.15, 0.2) is 0 Å². The summed E-state index contributed by atoms with van der Waals surface area (Å²) in [5.41, 5.74) is 0. The molecule has 3 rings (SSSR count). The fourth-order valence-corrected chi connectivity index (χ4v) is 4.28. The van der Waals surface area contributed by atoms with Crippen LogP contribution in [0.25, 0.3) is 0 Å². The molecule has 19 heavy (non-hydrogen) atoms. The molecule has 0 radical (unpaired) electrons. The number of rotatable bonds is 2. The molecule has 4 unspecified atom stereocenters. The van der Waals surface area contributed by atoms with E-state index in [1.54, 1.807) is 0 Å². The molecule has 0 aromatic rings. The van der Waals surface area contributed by atoms with E-state index < -0.39 is 0 Å². The zero-order chi connectivity index (χ0) is 13.1. The average Bonchev–Trinajstić information content (AvgIpc) is 2.63. The van der Waals surface area contributed by atoms with Gasteiger partial charge in [0.25, 0.3) is 0 Å². The lowest BCUT2D eigenvalue weighted by molar-refractivity contribution is 0.0637. The molecule has 3 fully saturated rings. The van der Waals surface area contributed by atoms with E-state index in [1.165, 1.54) is 58.0 Å². The van der Waals surface area contributed by atoms with Crippen molar-refractivity contribution in [2.75, 3.05) is 26.2 Å². The largest absolute Gasteiger partial charge is 0.377 e. The zero-order valence-electron chi connectivity index (χ0n) is 12.4. The second-order valence-corrected chi connectivity index (χ2v) is 6.89. The number of ether oxygens (including phenoxy) is 1. The van der Waals surface area contributed by atoms with Crippen LogP contribution in [0.3, 0.4) is 0 Å². The van der Waals surface area contributed by atoms with Crippen LogP contribution < -0.4 is 5.32 Å². The lowest BCUT2D eigenvalue weighted by atomic mass is 9.77. The van der Waals surface area contributed by atoms with E-state index >= 15 is 0 Å². The molecular weight excluding hydrogens is 236 g/mol. The second kappa shape index (κ2) is 6.55. The summed E-state index contributed by atoms with van der Waals surface area (Å²) in [6, 6.07) is 1.55. The maximum Gasteiger partial charge on any atom is 0.0673 e. The van der Waals surface area contributed by atoms with Gasteiger partial charge in [-0.2, -0.15) is 0 Å². The summed E-state index contributed by atoms with van der Waals surface area (Å²) >= 11 is 0. The standard InChI is InChI=1S/C16H30N2O/c1-13-11-18(9-4-10-19-13)12-15-8-7-14-5-2-3-6-16(14)17-15/h13-17H,2-12H2,1H3. The van der Waals surface area contributed by atoms with Gasteiger partial charge in [0, 0.05) is 38.3 Å². The fraction of sp³-hybridized carbons (Fsp3) is 1.00. The van der Waals surface area contributed by atoms with Crippen molar-refractivity contribution in [3.05, 3.63) is 0 Å². The number of hydrogen-bond acceptors (Lipinski definition) is 3. The maximum atomic E-state index is 5.75. The summed E-state index contributed by atoms with van der Waals surface area (Å²) in [6.07, 6.45) is 10.2. The molecule has 0 aromatic heterocycles. The first-order chi connectivity index (χ1) is 9.31. The van der Waals surface area contributed by atoms with Gasteiger partial charge in [-0.05, 0) is 44.9 Å². The molecule has 1 N–H and O–H groups in total. The van der Waals surface area contributed by atoms with Crippen molar-refractivity contribution in [3.8, 4) is 0 Å². The molecule has 4 atom stereocenters. The molecule has 0 aromatic carbocycles. The third-order valence-electron chi connectivity index (χ3n) is 5.26. The van der Waals surface area contributed by atoms with E-state index in [2.05, 4.69) is 17.1 Å². The molecule has 2 saturated heterocycles. The summed E-state index contributed by atoms with van der Waals surface area (Å²) in [7, 11) is 0. The summed E-state index contributed by atoms with van der Waals surface area (Å²) in [5, 5.41) is 3.96. The van der Waals surface area contributed by atoms with Crippen molar-refractivity contribution in [2.24, 2.45) is 5.92 Å². The molecule has 110 valence electrons. The summed E-state index contributed by atoms with van der Waals surface area (Å²) in [4.78, 5) is 2.62. The van der Waals surface area contributed by atoms with Gasteiger partial charge >= 0.3 is 0 Å². The Morgan fingerprint density at radius 2 is 2.00 bits per heavy atom. The molecule has 1 saturated carbocycles. The molecule has 2 heterocycles. The third-order valence-corrected chi connectivity index (χ3v) is 5.26. The predicted octanol–water partition coefficient (Wildman–Crippen LogP) is 2.41. The van der Waals surface area contributed by atoms with E-state index in [9.17, 15) is 0 Å². The topological polar surface area (TPSA) is 24.5 Å². The van der Waals surface area contributed by atoms with Crippen LogP contribution in [0.4, 0.5) is 0 Å². The van der Waals surface area contributed by atoms with Crippen molar-refractivity contribution in [2.45, 2.75) is 70.1 Å². The Morgan fingerprint density at radius 3 is 2.95 bits per heavy atom. The smallest absolute Gasteiger partial charge is 0.0673 e. The lowest BCUT2D eigenvalue weighted by Gasteiger charge is -2.42. The van der Waals surface area contributed by atoms with Gasteiger partial charge in [-0.15, -0.1) is 0 Å². The normalized spacial score (nSPS) is 41.5. The highest BCUT2D eigenvalue weighted by atomic mass is 16.5. The third kappa shape index (κ3) is 3.71. The predicted molar refractivity (Wildman–Crippen MR) is 78.4 cm³/mol.